The summed E-state index contributed by atoms with van der Waals surface area (Å²) in [6.45, 7) is 1.81. The van der Waals surface area contributed by atoms with Gasteiger partial charge >= 0.3 is 5.97 Å². The quantitative estimate of drug-likeness (QED) is 0.771. The van der Waals surface area contributed by atoms with Gasteiger partial charge in [0.05, 0.1) is 24.2 Å². The molecule has 0 aliphatic carbocycles. The van der Waals surface area contributed by atoms with Crippen LogP contribution in [0.5, 0.6) is 11.5 Å². The number of methoxy groups -OCH3 is 1. The molecule has 0 fully saturated rings. The Morgan fingerprint density at radius 1 is 1.17 bits per heavy atom. The van der Waals surface area contributed by atoms with Crippen LogP contribution in [0, 0.1) is 0 Å². The minimum atomic E-state index is -0.494. The summed E-state index contributed by atoms with van der Waals surface area (Å²) >= 11 is 0. The number of esters is 1. The molecule has 2 N–H and O–H groups in total. The molecule has 6 nitrogen and oxygen atoms in total. The molecule has 0 aromatic heterocycles. The molecule has 0 saturated carbocycles. The number of hydrogen-bond acceptors (Lipinski definition) is 6. The van der Waals surface area contributed by atoms with Gasteiger partial charge in [-0.1, -0.05) is 0 Å². The van der Waals surface area contributed by atoms with Gasteiger partial charge in [0, 0.05) is 19.6 Å². The predicted octanol–water partition coefficient (Wildman–Crippen LogP) is 2.34. The van der Waals surface area contributed by atoms with Crippen molar-refractivity contribution in [2.75, 3.05) is 7.11 Å². The summed E-state index contributed by atoms with van der Waals surface area (Å²) in [6.07, 6.45) is 1.53. The molecule has 2 rings (SSSR count). The number of carbonyl (C=O) groups excluding carboxylic acids is 2. The minimum absolute atomic E-state index is 0.0721. The van der Waals surface area contributed by atoms with Gasteiger partial charge in [-0.05, 0) is 37.8 Å². The van der Waals surface area contributed by atoms with Gasteiger partial charge < -0.3 is 19.7 Å². The summed E-state index contributed by atoms with van der Waals surface area (Å²) in [7, 11) is 1.58. The average molecular weight is 322 g/mol. The lowest BCUT2D eigenvalue weighted by Crippen LogP contribution is -2.22. The van der Waals surface area contributed by atoms with E-state index in [1.54, 1.807) is 7.11 Å². The third kappa shape index (κ3) is 4.45. The Labute approximate surface area is 135 Å². The molecule has 1 aliphatic rings. The molecule has 1 aliphatic heterocycles. The van der Waals surface area contributed by atoms with Crippen molar-refractivity contribution in [2.45, 2.75) is 51.2 Å². The molecule has 6 heteroatoms. The second-order valence-electron chi connectivity index (χ2n) is 5.87. The number of ether oxygens (including phenoxy) is 2. The van der Waals surface area contributed by atoms with Crippen molar-refractivity contribution in [2.24, 2.45) is 0 Å². The lowest BCUT2D eigenvalue weighted by Gasteiger charge is -2.20. The molecule has 2 atom stereocenters. The second kappa shape index (κ2) is 7.46. The Morgan fingerprint density at radius 3 is 2.61 bits per heavy atom. The summed E-state index contributed by atoms with van der Waals surface area (Å²) in [5.74, 6) is -1.29. The van der Waals surface area contributed by atoms with Crippen LogP contribution in [0.1, 0.15) is 48.5 Å². The van der Waals surface area contributed by atoms with E-state index in [0.717, 1.165) is 6.07 Å². The van der Waals surface area contributed by atoms with Crippen molar-refractivity contribution in [1.29, 1.82) is 0 Å². The van der Waals surface area contributed by atoms with Crippen LogP contribution >= 0.6 is 0 Å². The largest absolute Gasteiger partial charge is 0.508 e. The average Bonchev–Trinajstić information content (AvgIpc) is 2.45. The number of rotatable bonds is 1. The third-order valence-corrected chi connectivity index (χ3v) is 4.05. The highest BCUT2D eigenvalue weighted by molar-refractivity contribution is 6.01. The molecule has 1 unspecified atom stereocenters. The van der Waals surface area contributed by atoms with E-state index < -0.39 is 5.97 Å². The first-order valence-electron chi connectivity index (χ1n) is 7.71. The zero-order valence-electron chi connectivity index (χ0n) is 13.4. The van der Waals surface area contributed by atoms with Gasteiger partial charge in [0.15, 0.2) is 5.78 Å². The highest BCUT2D eigenvalue weighted by atomic mass is 16.5. The van der Waals surface area contributed by atoms with Crippen LogP contribution in [0.25, 0.3) is 0 Å². The van der Waals surface area contributed by atoms with Gasteiger partial charge in [-0.25, -0.2) is 0 Å². The zero-order valence-corrected chi connectivity index (χ0v) is 13.4. The Bertz CT molecular complexity index is 595. The molecule has 0 spiro atoms. The van der Waals surface area contributed by atoms with Gasteiger partial charge in [-0.15, -0.1) is 0 Å². The molecule has 23 heavy (non-hydrogen) atoms. The van der Waals surface area contributed by atoms with Crippen LogP contribution in [0.2, 0.25) is 0 Å². The SMILES string of the molecule is COC1CCC(=O)c2c(O)cc(O)cc2CC(=O)O[C@@H](C)CC1. The topological polar surface area (TPSA) is 93.1 Å². The molecule has 0 amide bonds. The monoisotopic (exact) mass is 322 g/mol. The lowest BCUT2D eigenvalue weighted by molar-refractivity contribution is -0.148. The number of hydrogen-bond donors (Lipinski definition) is 2. The van der Waals surface area contributed by atoms with Gasteiger partial charge in [0.25, 0.3) is 0 Å². The first kappa shape index (κ1) is 17.3. The number of carbonyl (C=O) groups is 2. The fourth-order valence-electron chi connectivity index (χ4n) is 2.83. The lowest BCUT2D eigenvalue weighted by atomic mass is 9.94. The Kier molecular flexibility index (Phi) is 5.60. The standard InChI is InChI=1S/C17H22O6/c1-10-3-4-13(22-2)5-6-14(19)17-11(8-16(21)23-10)7-12(18)9-15(17)20/h7,9-10,13,18,20H,3-6,8H2,1-2H3/t10-,13?/m0/s1. The fourth-order valence-corrected chi connectivity index (χ4v) is 2.83. The van der Waals surface area contributed by atoms with E-state index in [2.05, 4.69) is 0 Å². The van der Waals surface area contributed by atoms with Crippen LogP contribution in [0.15, 0.2) is 12.1 Å². The molecule has 0 bridgehead atoms. The maximum absolute atomic E-state index is 12.4. The van der Waals surface area contributed by atoms with Gasteiger partial charge in [-0.3, -0.25) is 9.59 Å². The zero-order chi connectivity index (χ0) is 17.0. The second-order valence-corrected chi connectivity index (χ2v) is 5.87. The van der Waals surface area contributed by atoms with E-state index in [4.69, 9.17) is 9.47 Å². The van der Waals surface area contributed by atoms with E-state index in [1.807, 2.05) is 6.92 Å². The molecular weight excluding hydrogens is 300 g/mol. The van der Waals surface area contributed by atoms with E-state index >= 15 is 0 Å². The first-order valence-corrected chi connectivity index (χ1v) is 7.71. The number of ketones is 1. The summed E-state index contributed by atoms with van der Waals surface area (Å²) in [5, 5.41) is 19.6. The maximum Gasteiger partial charge on any atom is 0.310 e. The van der Waals surface area contributed by atoms with Crippen LogP contribution in [-0.2, 0) is 20.7 Å². The van der Waals surface area contributed by atoms with Crippen molar-refractivity contribution < 1.29 is 29.3 Å². The number of phenols is 2. The van der Waals surface area contributed by atoms with Crippen LogP contribution in [0.3, 0.4) is 0 Å². The summed E-state index contributed by atoms with van der Waals surface area (Å²) in [5.41, 5.74) is 0.349. The van der Waals surface area contributed by atoms with Crippen molar-refractivity contribution in [1.82, 2.24) is 0 Å². The molecular formula is C17H22O6. The number of aromatic hydroxyl groups is 2. The number of cyclic esters (lactones) is 1. The van der Waals surface area contributed by atoms with Crippen LogP contribution < -0.4 is 0 Å². The smallest absolute Gasteiger partial charge is 0.310 e. The van der Waals surface area contributed by atoms with Crippen LogP contribution in [-0.4, -0.2) is 41.3 Å². The highest BCUT2D eigenvalue weighted by Crippen LogP contribution is 2.30. The maximum atomic E-state index is 12.4. The minimum Gasteiger partial charge on any atom is -0.508 e. The third-order valence-electron chi connectivity index (χ3n) is 4.05. The Morgan fingerprint density at radius 2 is 1.91 bits per heavy atom. The van der Waals surface area contributed by atoms with Crippen molar-refractivity contribution in [3.63, 3.8) is 0 Å². The molecule has 1 heterocycles. The van der Waals surface area contributed by atoms with Crippen LogP contribution in [0.4, 0.5) is 0 Å². The number of fused-ring (bicyclic) bond motifs is 1. The van der Waals surface area contributed by atoms with Gasteiger partial charge in [0.1, 0.15) is 11.5 Å². The van der Waals surface area contributed by atoms with Crippen molar-refractivity contribution in [3.8, 4) is 11.5 Å². The summed E-state index contributed by atoms with van der Waals surface area (Å²) in [6, 6.07) is 2.42. The predicted molar refractivity (Wildman–Crippen MR) is 82.6 cm³/mol. The molecule has 0 radical (unpaired) electrons. The summed E-state index contributed by atoms with van der Waals surface area (Å²) < 4.78 is 10.7. The van der Waals surface area contributed by atoms with E-state index in [1.165, 1.54) is 6.07 Å². The molecule has 1 aromatic carbocycles. The fraction of sp³-hybridized carbons (Fsp3) is 0.529. The summed E-state index contributed by atoms with van der Waals surface area (Å²) in [4.78, 5) is 24.5. The number of Topliss-reactive ketones (excluding diaryl/α,β-unsaturated/α-hetero) is 1. The van der Waals surface area contributed by atoms with Gasteiger partial charge in [-0.2, -0.15) is 0 Å². The van der Waals surface area contributed by atoms with E-state index in [0.29, 0.717) is 19.3 Å². The van der Waals surface area contributed by atoms with Crippen molar-refractivity contribution in [3.05, 3.63) is 23.3 Å². The number of phenolic OH excluding ortho intramolecular Hbond substituents is 2. The number of benzene rings is 1. The normalized spacial score (nSPS) is 23.4. The highest BCUT2D eigenvalue weighted by Gasteiger charge is 2.23. The van der Waals surface area contributed by atoms with Gasteiger partial charge in [0.2, 0.25) is 0 Å². The molecule has 126 valence electrons. The molecule has 0 saturated heterocycles. The Hall–Kier alpha value is -2.08. The van der Waals surface area contributed by atoms with E-state index in [-0.39, 0.29) is 53.5 Å². The molecule has 1 aromatic rings. The Balaban J connectivity index is 2.37. The van der Waals surface area contributed by atoms with E-state index in [9.17, 15) is 19.8 Å². The first-order chi connectivity index (χ1) is 10.9. The van der Waals surface area contributed by atoms with Crippen molar-refractivity contribution >= 4 is 11.8 Å².